The predicted octanol–water partition coefficient (Wildman–Crippen LogP) is 4.65. The summed E-state index contributed by atoms with van der Waals surface area (Å²) < 4.78 is 13.1. The van der Waals surface area contributed by atoms with Crippen molar-refractivity contribution in [1.82, 2.24) is 4.57 Å². The average Bonchev–Trinajstić information content (AvgIpc) is 3.26. The van der Waals surface area contributed by atoms with Gasteiger partial charge < -0.3 is 9.47 Å². The standard InChI is InChI=1S/C31H26N2O4S/c1-21-27(30(35)36-2)28(24-16-18-25(19-17-24)37-20-23-12-7-4-8-13-23)33-29(34)26(38-31(33)32-21)15-9-14-22-10-5-3-6-11-22/h3-19,28H,20H2,1-2H3. The first-order valence-corrected chi connectivity index (χ1v) is 13.0. The molecule has 38 heavy (non-hydrogen) atoms. The van der Waals surface area contributed by atoms with Crippen molar-refractivity contribution in [3.63, 3.8) is 0 Å². The largest absolute Gasteiger partial charge is 0.489 e. The molecule has 7 heteroatoms. The van der Waals surface area contributed by atoms with E-state index in [1.165, 1.54) is 18.4 Å². The molecule has 1 unspecified atom stereocenters. The Bertz CT molecular complexity index is 1680. The number of rotatable bonds is 7. The highest BCUT2D eigenvalue weighted by molar-refractivity contribution is 7.07. The van der Waals surface area contributed by atoms with Gasteiger partial charge in [0.15, 0.2) is 4.80 Å². The first kappa shape index (κ1) is 25.2. The lowest BCUT2D eigenvalue weighted by Crippen LogP contribution is -2.39. The molecule has 0 aliphatic carbocycles. The number of aromatic nitrogens is 1. The van der Waals surface area contributed by atoms with E-state index >= 15 is 0 Å². The fourth-order valence-corrected chi connectivity index (χ4v) is 5.32. The average molecular weight is 523 g/mol. The Hall–Kier alpha value is -4.49. The Balaban J connectivity index is 1.51. The molecule has 0 N–H and O–H groups in total. The number of fused-ring (bicyclic) bond motifs is 1. The Kier molecular flexibility index (Phi) is 7.47. The van der Waals surface area contributed by atoms with E-state index in [-0.39, 0.29) is 5.56 Å². The van der Waals surface area contributed by atoms with Gasteiger partial charge in [0.05, 0.1) is 29.0 Å². The summed E-state index contributed by atoms with van der Waals surface area (Å²) in [7, 11) is 1.33. The molecule has 1 aliphatic rings. The number of nitrogens with zero attached hydrogens (tertiary/aromatic N) is 2. The second-order valence-electron chi connectivity index (χ2n) is 8.71. The molecule has 0 spiro atoms. The van der Waals surface area contributed by atoms with Crippen LogP contribution in [0.15, 0.2) is 112 Å². The Morgan fingerprint density at radius 3 is 2.37 bits per heavy atom. The van der Waals surface area contributed by atoms with E-state index < -0.39 is 12.0 Å². The summed E-state index contributed by atoms with van der Waals surface area (Å²) in [6.45, 7) is 2.21. The molecule has 6 nitrogen and oxygen atoms in total. The number of esters is 1. The highest BCUT2D eigenvalue weighted by Gasteiger charge is 2.33. The lowest BCUT2D eigenvalue weighted by atomic mass is 9.96. The van der Waals surface area contributed by atoms with Crippen LogP contribution in [0.3, 0.4) is 0 Å². The summed E-state index contributed by atoms with van der Waals surface area (Å²) in [5.41, 5.74) is 3.52. The van der Waals surface area contributed by atoms with Gasteiger partial charge in [-0.25, -0.2) is 9.79 Å². The van der Waals surface area contributed by atoms with Crippen LogP contribution in [0.5, 0.6) is 5.75 Å². The van der Waals surface area contributed by atoms with Gasteiger partial charge in [0.1, 0.15) is 12.4 Å². The second-order valence-corrected chi connectivity index (χ2v) is 9.72. The third kappa shape index (κ3) is 5.28. The smallest absolute Gasteiger partial charge is 0.338 e. The molecular weight excluding hydrogens is 496 g/mol. The fraction of sp³-hybridized carbons (Fsp3) is 0.129. The zero-order chi connectivity index (χ0) is 26.5. The van der Waals surface area contributed by atoms with Crippen molar-refractivity contribution < 1.29 is 14.3 Å². The summed E-state index contributed by atoms with van der Waals surface area (Å²) in [6.07, 6.45) is 5.57. The van der Waals surface area contributed by atoms with Gasteiger partial charge >= 0.3 is 5.97 Å². The molecule has 1 aromatic heterocycles. The van der Waals surface area contributed by atoms with Crippen LogP contribution >= 0.6 is 11.3 Å². The quantitative estimate of drug-likeness (QED) is 0.331. The van der Waals surface area contributed by atoms with Crippen LogP contribution < -0.4 is 19.6 Å². The van der Waals surface area contributed by atoms with Crippen molar-refractivity contribution in [3.8, 4) is 5.75 Å². The topological polar surface area (TPSA) is 69.9 Å². The highest BCUT2D eigenvalue weighted by Crippen LogP contribution is 2.31. The van der Waals surface area contributed by atoms with Crippen LogP contribution in [0.25, 0.3) is 12.2 Å². The minimum atomic E-state index is -0.665. The molecule has 190 valence electrons. The van der Waals surface area contributed by atoms with Crippen molar-refractivity contribution in [2.45, 2.75) is 19.6 Å². The van der Waals surface area contributed by atoms with Crippen LogP contribution in [-0.4, -0.2) is 17.6 Å². The van der Waals surface area contributed by atoms with Crippen LogP contribution in [0.2, 0.25) is 0 Å². The van der Waals surface area contributed by atoms with Gasteiger partial charge in [0.2, 0.25) is 0 Å². The van der Waals surface area contributed by atoms with Crippen LogP contribution in [0.1, 0.15) is 29.7 Å². The molecule has 5 rings (SSSR count). The molecule has 4 aromatic rings. The van der Waals surface area contributed by atoms with Gasteiger partial charge in [-0.1, -0.05) is 96.3 Å². The number of ether oxygens (including phenoxy) is 2. The van der Waals surface area contributed by atoms with Crippen LogP contribution in [0, 0.1) is 0 Å². The van der Waals surface area contributed by atoms with E-state index in [1.807, 2.05) is 97.1 Å². The van der Waals surface area contributed by atoms with E-state index in [1.54, 1.807) is 17.6 Å². The van der Waals surface area contributed by atoms with Gasteiger partial charge in [0, 0.05) is 0 Å². The summed E-state index contributed by atoms with van der Waals surface area (Å²) in [5.74, 6) is 0.176. The molecule has 3 aromatic carbocycles. The number of carbonyl (C=O) groups excluding carboxylic acids is 1. The van der Waals surface area contributed by atoms with Crippen LogP contribution in [-0.2, 0) is 16.1 Å². The number of thiazole rings is 1. The third-order valence-corrected chi connectivity index (χ3v) is 7.21. The predicted molar refractivity (Wildman–Crippen MR) is 149 cm³/mol. The molecule has 0 radical (unpaired) electrons. The zero-order valence-corrected chi connectivity index (χ0v) is 21.9. The van der Waals surface area contributed by atoms with Gasteiger partial charge in [-0.15, -0.1) is 0 Å². The maximum absolute atomic E-state index is 13.6. The first-order chi connectivity index (χ1) is 18.5. The monoisotopic (exact) mass is 522 g/mol. The number of methoxy groups -OCH3 is 1. The minimum Gasteiger partial charge on any atom is -0.489 e. The lowest BCUT2D eigenvalue weighted by Gasteiger charge is -2.24. The molecule has 0 saturated carbocycles. The molecular formula is C31H26N2O4S. The van der Waals surface area contributed by atoms with E-state index in [9.17, 15) is 9.59 Å². The zero-order valence-electron chi connectivity index (χ0n) is 21.0. The van der Waals surface area contributed by atoms with Crippen molar-refractivity contribution in [3.05, 3.63) is 139 Å². The molecule has 1 aliphatic heterocycles. The lowest BCUT2D eigenvalue weighted by molar-refractivity contribution is -0.136. The van der Waals surface area contributed by atoms with E-state index in [2.05, 4.69) is 4.99 Å². The Morgan fingerprint density at radius 1 is 1.00 bits per heavy atom. The fourth-order valence-electron chi connectivity index (χ4n) is 4.32. The molecule has 0 bridgehead atoms. The van der Waals surface area contributed by atoms with Gasteiger partial charge in [-0.3, -0.25) is 9.36 Å². The maximum Gasteiger partial charge on any atom is 0.338 e. The SMILES string of the molecule is COC(=O)C1=C(C)N=c2sc(=CC=Cc3ccccc3)c(=O)n2C1c1ccc(OCc2ccccc2)cc1. The van der Waals surface area contributed by atoms with E-state index in [4.69, 9.17) is 9.47 Å². The van der Waals surface area contributed by atoms with Crippen molar-refractivity contribution >= 4 is 29.5 Å². The van der Waals surface area contributed by atoms with Gasteiger partial charge in [-0.05, 0) is 41.8 Å². The number of allylic oxidation sites excluding steroid dienone is 2. The molecule has 0 saturated heterocycles. The second kappa shape index (κ2) is 11.3. The normalized spacial score (nSPS) is 15.3. The summed E-state index contributed by atoms with van der Waals surface area (Å²) in [5, 5.41) is 0. The van der Waals surface area contributed by atoms with Crippen LogP contribution in [0.4, 0.5) is 0 Å². The third-order valence-electron chi connectivity index (χ3n) is 6.21. The number of hydrogen-bond donors (Lipinski definition) is 0. The number of benzene rings is 3. The maximum atomic E-state index is 13.6. The molecule has 1 atom stereocenters. The highest BCUT2D eigenvalue weighted by atomic mass is 32.1. The molecule has 2 heterocycles. The molecule has 0 fully saturated rings. The van der Waals surface area contributed by atoms with E-state index in [0.717, 1.165) is 16.7 Å². The van der Waals surface area contributed by atoms with Crippen molar-refractivity contribution in [1.29, 1.82) is 0 Å². The van der Waals surface area contributed by atoms with Gasteiger partial charge in [-0.2, -0.15) is 0 Å². The van der Waals surface area contributed by atoms with Gasteiger partial charge in [0.25, 0.3) is 5.56 Å². The summed E-state index contributed by atoms with van der Waals surface area (Å²) in [6, 6.07) is 26.6. The van der Waals surface area contributed by atoms with E-state index in [0.29, 0.717) is 33.0 Å². The summed E-state index contributed by atoms with van der Waals surface area (Å²) >= 11 is 1.30. The van der Waals surface area contributed by atoms with Crippen molar-refractivity contribution in [2.24, 2.45) is 4.99 Å². The molecule has 0 amide bonds. The summed E-state index contributed by atoms with van der Waals surface area (Å²) in [4.78, 5) is 31.6. The Labute approximate surface area is 224 Å². The first-order valence-electron chi connectivity index (χ1n) is 12.1. The van der Waals surface area contributed by atoms with Crippen molar-refractivity contribution in [2.75, 3.05) is 7.11 Å². The number of carbonyl (C=O) groups is 1. The minimum absolute atomic E-state index is 0.213. The number of hydrogen-bond acceptors (Lipinski definition) is 6. The Morgan fingerprint density at radius 2 is 1.68 bits per heavy atom.